The van der Waals surface area contributed by atoms with Crippen molar-refractivity contribution in [2.45, 2.75) is 26.3 Å². The number of nitrogens with two attached hydrogens (primary N) is 1. The molecule has 1 aliphatic heterocycles. The number of nitrogens with zero attached hydrogens (tertiary/aromatic N) is 2. The molecule has 0 radical (unpaired) electrons. The van der Waals surface area contributed by atoms with Crippen molar-refractivity contribution in [3.8, 4) is 10.6 Å². The minimum Gasteiger partial charge on any atom is -0.337 e. The molecular formula is C17H20Cl3N3OS. The first kappa shape index (κ1) is 20.5. The van der Waals surface area contributed by atoms with Gasteiger partial charge in [0.1, 0.15) is 10.7 Å². The fraction of sp³-hybridized carbons (Fsp3) is 0.412. The van der Waals surface area contributed by atoms with Gasteiger partial charge in [0.25, 0.3) is 5.91 Å². The number of likely N-dealkylation sites (tertiary alicyclic amines) is 1. The smallest absolute Gasteiger partial charge is 0.273 e. The van der Waals surface area contributed by atoms with E-state index < -0.39 is 0 Å². The van der Waals surface area contributed by atoms with Gasteiger partial charge in [-0.05, 0) is 24.0 Å². The first-order valence-electron chi connectivity index (χ1n) is 7.74. The van der Waals surface area contributed by atoms with Crippen LogP contribution in [0.2, 0.25) is 10.0 Å². The molecule has 25 heavy (non-hydrogen) atoms. The van der Waals surface area contributed by atoms with E-state index in [2.05, 4.69) is 18.8 Å². The Labute approximate surface area is 167 Å². The van der Waals surface area contributed by atoms with Gasteiger partial charge in [0, 0.05) is 30.1 Å². The van der Waals surface area contributed by atoms with Crippen molar-refractivity contribution in [2.24, 2.45) is 11.1 Å². The topological polar surface area (TPSA) is 59.2 Å². The van der Waals surface area contributed by atoms with E-state index in [1.54, 1.807) is 17.5 Å². The maximum absolute atomic E-state index is 12.7. The van der Waals surface area contributed by atoms with Crippen LogP contribution in [0.25, 0.3) is 10.6 Å². The Kier molecular flexibility index (Phi) is 6.39. The van der Waals surface area contributed by atoms with Crippen molar-refractivity contribution in [3.63, 3.8) is 0 Å². The molecule has 2 heterocycles. The highest BCUT2D eigenvalue weighted by Gasteiger charge is 2.36. The standard InChI is InChI=1S/C17H19Cl2N3OS.ClH/c1-17(2)9-22(6-5-14(17)20)16(23)13-8-24-15(21-13)10-3-4-11(18)12(19)7-10;/h3-4,7-8,14H,5-6,9,20H2,1-2H3;1H. The summed E-state index contributed by atoms with van der Waals surface area (Å²) in [4.78, 5) is 19.1. The first-order chi connectivity index (χ1) is 11.3. The van der Waals surface area contributed by atoms with Crippen LogP contribution < -0.4 is 5.73 Å². The number of carbonyl (C=O) groups excluding carboxylic acids is 1. The average Bonchev–Trinajstić information content (AvgIpc) is 3.02. The molecule has 2 N–H and O–H groups in total. The zero-order chi connectivity index (χ0) is 17.5. The minimum atomic E-state index is -0.0868. The number of amides is 1. The summed E-state index contributed by atoms with van der Waals surface area (Å²) >= 11 is 13.4. The maximum atomic E-state index is 12.7. The Morgan fingerprint density at radius 1 is 1.36 bits per heavy atom. The minimum absolute atomic E-state index is 0. The van der Waals surface area contributed by atoms with Gasteiger partial charge < -0.3 is 10.6 Å². The lowest BCUT2D eigenvalue weighted by atomic mass is 9.79. The Hall–Kier alpha value is -0.850. The van der Waals surface area contributed by atoms with Crippen LogP contribution in [0, 0.1) is 5.41 Å². The number of piperidine rings is 1. The first-order valence-corrected chi connectivity index (χ1v) is 9.37. The molecule has 1 fully saturated rings. The molecule has 8 heteroatoms. The Morgan fingerprint density at radius 3 is 2.72 bits per heavy atom. The van der Waals surface area contributed by atoms with Crippen LogP contribution in [0.3, 0.4) is 0 Å². The third-order valence-corrected chi connectivity index (χ3v) is 6.12. The van der Waals surface area contributed by atoms with Gasteiger partial charge in [-0.25, -0.2) is 4.98 Å². The van der Waals surface area contributed by atoms with Gasteiger partial charge in [0.15, 0.2) is 0 Å². The predicted octanol–water partition coefficient (Wildman–Crippen LogP) is 4.74. The van der Waals surface area contributed by atoms with Gasteiger partial charge in [-0.2, -0.15) is 0 Å². The van der Waals surface area contributed by atoms with Crippen LogP contribution in [0.1, 0.15) is 30.8 Å². The zero-order valence-electron chi connectivity index (χ0n) is 14.0. The van der Waals surface area contributed by atoms with Gasteiger partial charge in [-0.15, -0.1) is 23.7 Å². The van der Waals surface area contributed by atoms with Gasteiger partial charge in [-0.3, -0.25) is 4.79 Å². The number of halogens is 3. The molecule has 1 aromatic heterocycles. The predicted molar refractivity (Wildman–Crippen MR) is 107 cm³/mol. The number of rotatable bonds is 2. The molecule has 1 amide bonds. The lowest BCUT2D eigenvalue weighted by Gasteiger charge is -2.42. The summed E-state index contributed by atoms with van der Waals surface area (Å²) in [7, 11) is 0. The maximum Gasteiger partial charge on any atom is 0.273 e. The van der Waals surface area contributed by atoms with E-state index in [9.17, 15) is 4.79 Å². The molecule has 1 unspecified atom stereocenters. The number of aromatic nitrogens is 1. The molecule has 1 aromatic carbocycles. The third-order valence-electron chi connectivity index (χ3n) is 4.49. The summed E-state index contributed by atoms with van der Waals surface area (Å²) in [6.45, 7) is 5.51. The number of carbonyl (C=O) groups is 1. The highest BCUT2D eigenvalue weighted by atomic mass is 35.5. The van der Waals surface area contributed by atoms with Gasteiger partial charge in [-0.1, -0.05) is 43.1 Å². The Balaban J connectivity index is 0.00000225. The lowest BCUT2D eigenvalue weighted by Crippen LogP contribution is -2.54. The second-order valence-electron chi connectivity index (χ2n) is 6.78. The molecule has 4 nitrogen and oxygen atoms in total. The molecule has 0 aliphatic carbocycles. The highest BCUT2D eigenvalue weighted by Crippen LogP contribution is 2.32. The van der Waals surface area contributed by atoms with E-state index in [-0.39, 0.29) is 29.8 Å². The SMILES string of the molecule is CC1(C)CN(C(=O)c2csc(-c3ccc(Cl)c(Cl)c3)n2)CCC1N.Cl. The Morgan fingerprint density at radius 2 is 2.08 bits per heavy atom. The summed E-state index contributed by atoms with van der Waals surface area (Å²) in [5.74, 6) is -0.0439. The van der Waals surface area contributed by atoms with Crippen molar-refractivity contribution in [3.05, 3.63) is 39.3 Å². The van der Waals surface area contributed by atoms with Crippen molar-refractivity contribution >= 4 is 52.9 Å². The fourth-order valence-corrected chi connectivity index (χ4v) is 3.93. The van der Waals surface area contributed by atoms with Crippen LogP contribution >= 0.6 is 46.9 Å². The summed E-state index contributed by atoms with van der Waals surface area (Å²) in [5.41, 5.74) is 7.38. The zero-order valence-corrected chi connectivity index (χ0v) is 17.1. The number of hydrogen-bond donors (Lipinski definition) is 1. The van der Waals surface area contributed by atoms with Gasteiger partial charge in [0.05, 0.1) is 10.0 Å². The summed E-state index contributed by atoms with van der Waals surface area (Å²) in [6, 6.07) is 5.46. The average molecular weight is 421 g/mol. The molecule has 0 spiro atoms. The summed E-state index contributed by atoms with van der Waals surface area (Å²) in [6.07, 6.45) is 0.808. The molecular weight excluding hydrogens is 401 g/mol. The lowest BCUT2D eigenvalue weighted by molar-refractivity contribution is 0.0528. The molecule has 1 atom stereocenters. The second-order valence-corrected chi connectivity index (χ2v) is 8.45. The molecule has 1 saturated heterocycles. The second kappa shape index (κ2) is 7.80. The van der Waals surface area contributed by atoms with Gasteiger partial charge >= 0.3 is 0 Å². The van der Waals surface area contributed by atoms with Crippen LogP contribution in [-0.2, 0) is 0 Å². The van der Waals surface area contributed by atoms with Crippen LogP contribution in [-0.4, -0.2) is 34.9 Å². The molecule has 1 aliphatic rings. The van der Waals surface area contributed by atoms with Gasteiger partial charge in [0.2, 0.25) is 0 Å². The molecule has 0 bridgehead atoms. The molecule has 3 rings (SSSR count). The van der Waals surface area contributed by atoms with Crippen molar-refractivity contribution in [1.29, 1.82) is 0 Å². The molecule has 2 aromatic rings. The van der Waals surface area contributed by atoms with Crippen molar-refractivity contribution in [2.75, 3.05) is 13.1 Å². The number of hydrogen-bond acceptors (Lipinski definition) is 4. The third kappa shape index (κ3) is 4.29. The van der Waals surface area contributed by atoms with E-state index in [1.807, 2.05) is 11.0 Å². The van der Waals surface area contributed by atoms with Crippen molar-refractivity contribution < 1.29 is 4.79 Å². The number of benzene rings is 1. The molecule has 136 valence electrons. The van der Waals surface area contributed by atoms with Crippen LogP contribution in [0.5, 0.6) is 0 Å². The van der Waals surface area contributed by atoms with E-state index in [4.69, 9.17) is 28.9 Å². The highest BCUT2D eigenvalue weighted by molar-refractivity contribution is 7.13. The quantitative estimate of drug-likeness (QED) is 0.763. The summed E-state index contributed by atoms with van der Waals surface area (Å²) in [5, 5.41) is 3.52. The monoisotopic (exact) mass is 419 g/mol. The largest absolute Gasteiger partial charge is 0.337 e. The normalized spacial score (nSPS) is 19.4. The van der Waals surface area contributed by atoms with Crippen molar-refractivity contribution in [1.82, 2.24) is 9.88 Å². The number of thiazole rings is 1. The van der Waals surface area contributed by atoms with E-state index in [0.717, 1.165) is 17.0 Å². The van der Waals surface area contributed by atoms with E-state index >= 15 is 0 Å². The molecule has 0 saturated carbocycles. The Bertz CT molecular complexity index is 778. The summed E-state index contributed by atoms with van der Waals surface area (Å²) < 4.78 is 0. The van der Waals surface area contributed by atoms with Crippen LogP contribution in [0.4, 0.5) is 0 Å². The van der Waals surface area contributed by atoms with E-state index in [1.165, 1.54) is 11.3 Å². The van der Waals surface area contributed by atoms with Crippen LogP contribution in [0.15, 0.2) is 23.6 Å². The van der Waals surface area contributed by atoms with E-state index in [0.29, 0.717) is 28.8 Å². The fourth-order valence-electron chi connectivity index (χ4n) is 2.84.